The Kier molecular flexibility index (Phi) is 6.50. The van der Waals surface area contributed by atoms with E-state index in [9.17, 15) is 20.0 Å². The zero-order valence-corrected chi connectivity index (χ0v) is 18.6. The van der Waals surface area contributed by atoms with Crippen LogP contribution in [0.4, 0.5) is 5.69 Å². The Morgan fingerprint density at radius 1 is 1.03 bits per heavy atom. The van der Waals surface area contributed by atoms with Crippen LogP contribution in [0.5, 0.6) is 0 Å². The van der Waals surface area contributed by atoms with E-state index in [0.29, 0.717) is 10.6 Å². The quantitative estimate of drug-likeness (QED) is 0.131. The fourth-order valence-corrected chi connectivity index (χ4v) is 3.70. The van der Waals surface area contributed by atoms with E-state index in [1.807, 2.05) is 0 Å². The second kappa shape index (κ2) is 9.49. The van der Waals surface area contributed by atoms with Crippen LogP contribution >= 0.6 is 35.0 Å². The molecule has 0 aliphatic rings. The van der Waals surface area contributed by atoms with Gasteiger partial charge in [-0.3, -0.25) is 10.1 Å². The number of aliphatic carboxylic acids is 1. The second-order valence-electron chi connectivity index (χ2n) is 6.42. The number of nitro groups is 1. The molecule has 2 heterocycles. The zero-order valence-electron chi connectivity index (χ0n) is 16.3. The smallest absolute Gasteiger partial charge is 0.342 e. The van der Waals surface area contributed by atoms with Crippen LogP contribution in [0, 0.1) is 10.1 Å². The topological polar surface area (TPSA) is 132 Å². The summed E-state index contributed by atoms with van der Waals surface area (Å²) in [5.74, 6) is -0.699. The molecule has 0 atom stereocenters. The van der Waals surface area contributed by atoms with Crippen molar-refractivity contribution in [2.45, 2.75) is 5.22 Å². The lowest BCUT2D eigenvalue weighted by molar-refractivity contribution is -0.384. The van der Waals surface area contributed by atoms with Crippen molar-refractivity contribution < 1.29 is 23.7 Å². The van der Waals surface area contributed by atoms with Gasteiger partial charge in [-0.2, -0.15) is 0 Å². The largest absolute Gasteiger partial charge is 0.477 e. The molecule has 1 N–H and O–H groups in total. The molecule has 0 bridgehead atoms. The van der Waals surface area contributed by atoms with Crippen molar-refractivity contribution in [2.24, 2.45) is 0 Å². The number of carboxylic acids is 1. The highest BCUT2D eigenvalue weighted by molar-refractivity contribution is 8.03. The normalized spacial score (nSPS) is 11.5. The molecule has 166 valence electrons. The Morgan fingerprint density at radius 2 is 1.76 bits per heavy atom. The van der Waals surface area contributed by atoms with E-state index in [0.717, 1.165) is 11.8 Å². The number of aromatic nitrogens is 2. The molecule has 0 unspecified atom stereocenters. The molecule has 2 aromatic carbocycles. The minimum Gasteiger partial charge on any atom is -0.477 e. The lowest BCUT2D eigenvalue weighted by atomic mass is 10.1. The predicted octanol–water partition coefficient (Wildman–Crippen LogP) is 6.43. The number of nitrogens with zero attached hydrogens (tertiary/aromatic N) is 3. The molecule has 0 spiro atoms. The van der Waals surface area contributed by atoms with Crippen molar-refractivity contribution in [3.63, 3.8) is 0 Å². The highest BCUT2D eigenvalue weighted by Crippen LogP contribution is 2.35. The Hall–Kier alpha value is -3.60. The molecular formula is C21H11Cl2N3O6S. The van der Waals surface area contributed by atoms with Crippen LogP contribution in [0.2, 0.25) is 10.0 Å². The number of carbonyl (C=O) groups is 1. The molecule has 9 nitrogen and oxygen atoms in total. The first-order valence-electron chi connectivity index (χ1n) is 9.06. The van der Waals surface area contributed by atoms with Crippen molar-refractivity contribution >= 4 is 52.7 Å². The summed E-state index contributed by atoms with van der Waals surface area (Å²) in [6.07, 6.45) is 1.25. The van der Waals surface area contributed by atoms with Gasteiger partial charge in [0.1, 0.15) is 16.4 Å². The van der Waals surface area contributed by atoms with E-state index in [4.69, 9.17) is 32.0 Å². The second-order valence-corrected chi connectivity index (χ2v) is 8.28. The van der Waals surface area contributed by atoms with E-state index in [2.05, 4.69) is 10.2 Å². The van der Waals surface area contributed by atoms with Crippen molar-refractivity contribution in [1.29, 1.82) is 0 Å². The summed E-state index contributed by atoms with van der Waals surface area (Å²) in [7, 11) is 0. The molecule has 33 heavy (non-hydrogen) atoms. The van der Waals surface area contributed by atoms with Crippen molar-refractivity contribution in [1.82, 2.24) is 10.2 Å². The van der Waals surface area contributed by atoms with Crippen LogP contribution in [-0.2, 0) is 4.79 Å². The molecule has 2 aromatic heterocycles. The fourth-order valence-electron chi connectivity index (χ4n) is 2.76. The number of thioether (sulfide) groups is 1. The first kappa shape index (κ1) is 22.6. The van der Waals surface area contributed by atoms with Gasteiger partial charge in [-0.25, -0.2) is 4.79 Å². The van der Waals surface area contributed by atoms with Gasteiger partial charge in [0.2, 0.25) is 5.89 Å². The maximum absolute atomic E-state index is 11.7. The monoisotopic (exact) mass is 503 g/mol. The van der Waals surface area contributed by atoms with Crippen molar-refractivity contribution in [3.8, 4) is 22.8 Å². The van der Waals surface area contributed by atoms with Crippen LogP contribution in [-0.4, -0.2) is 26.2 Å². The Bertz CT molecular complexity index is 1380. The van der Waals surface area contributed by atoms with Gasteiger partial charge >= 0.3 is 5.97 Å². The van der Waals surface area contributed by atoms with Crippen LogP contribution in [0.25, 0.3) is 28.9 Å². The molecule has 12 heteroatoms. The van der Waals surface area contributed by atoms with E-state index in [1.165, 1.54) is 36.4 Å². The van der Waals surface area contributed by atoms with Crippen LogP contribution in [0.3, 0.4) is 0 Å². The molecular weight excluding hydrogens is 493 g/mol. The average Bonchev–Trinajstić information content (AvgIpc) is 3.43. The summed E-state index contributed by atoms with van der Waals surface area (Å²) in [4.78, 5) is 22.3. The maximum Gasteiger partial charge on any atom is 0.342 e. The third kappa shape index (κ3) is 5.25. The molecule has 0 radical (unpaired) electrons. The van der Waals surface area contributed by atoms with E-state index in [-0.39, 0.29) is 43.8 Å². The first-order chi connectivity index (χ1) is 15.8. The third-order valence-corrected chi connectivity index (χ3v) is 5.57. The minimum absolute atomic E-state index is 0.00807. The molecule has 0 aliphatic carbocycles. The number of hydrogen-bond donors (Lipinski definition) is 1. The van der Waals surface area contributed by atoms with Gasteiger partial charge in [0.05, 0.1) is 10.5 Å². The van der Waals surface area contributed by atoms with Crippen molar-refractivity contribution in [2.75, 3.05) is 0 Å². The van der Waals surface area contributed by atoms with E-state index >= 15 is 0 Å². The highest BCUT2D eigenvalue weighted by atomic mass is 35.5. The van der Waals surface area contributed by atoms with Gasteiger partial charge in [-0.15, -0.1) is 10.2 Å². The number of carboxylic acid groups (broad SMARTS) is 1. The lowest BCUT2D eigenvalue weighted by Gasteiger charge is -2.00. The van der Waals surface area contributed by atoms with Gasteiger partial charge < -0.3 is 13.9 Å². The summed E-state index contributed by atoms with van der Waals surface area (Å²) < 4.78 is 11.2. The summed E-state index contributed by atoms with van der Waals surface area (Å²) >= 11 is 12.4. The molecule has 4 rings (SSSR count). The van der Waals surface area contributed by atoms with Crippen LogP contribution in [0.15, 0.2) is 73.6 Å². The molecule has 0 saturated carbocycles. The number of hydrogen-bond acceptors (Lipinski definition) is 8. The molecule has 0 fully saturated rings. The van der Waals surface area contributed by atoms with Gasteiger partial charge in [0, 0.05) is 27.8 Å². The number of furan rings is 1. The zero-order chi connectivity index (χ0) is 23.5. The van der Waals surface area contributed by atoms with Crippen molar-refractivity contribution in [3.05, 3.63) is 85.4 Å². The van der Waals surface area contributed by atoms with E-state index in [1.54, 1.807) is 24.3 Å². The maximum atomic E-state index is 11.7. The Labute approximate surface area is 199 Å². The van der Waals surface area contributed by atoms with Gasteiger partial charge in [0.25, 0.3) is 10.9 Å². The summed E-state index contributed by atoms with van der Waals surface area (Å²) in [6.45, 7) is 0. The minimum atomic E-state index is -1.25. The SMILES string of the molecule is O=C(O)/C(=C/c1ccc(-c2ccc(Cl)cc2[N+](=O)[O-])o1)Sc1nnc(-c2ccc(Cl)cc2)o1. The first-order valence-corrected chi connectivity index (χ1v) is 10.6. The van der Waals surface area contributed by atoms with Gasteiger partial charge in [-0.1, -0.05) is 23.2 Å². The fraction of sp³-hybridized carbons (Fsp3) is 0. The summed E-state index contributed by atoms with van der Waals surface area (Å²) in [5, 5.41) is 29.4. The average molecular weight is 504 g/mol. The highest BCUT2D eigenvalue weighted by Gasteiger charge is 2.20. The Balaban J connectivity index is 1.59. The number of halogens is 2. The predicted molar refractivity (Wildman–Crippen MR) is 122 cm³/mol. The molecule has 0 amide bonds. The standard InChI is InChI=1S/C21H11Cl2N3O6S/c22-12-3-1-11(2-4-12)19-24-25-21(32-19)33-18(20(27)28)10-14-6-8-17(31-14)15-7-5-13(23)9-16(15)26(29)30/h1-10H,(H,27,28)/b18-10-. The Morgan fingerprint density at radius 3 is 2.45 bits per heavy atom. The lowest BCUT2D eigenvalue weighted by Crippen LogP contribution is -1.96. The number of nitro benzene ring substituents is 1. The van der Waals surface area contributed by atoms with Gasteiger partial charge in [-0.05, 0) is 60.3 Å². The third-order valence-electron chi connectivity index (χ3n) is 4.23. The van der Waals surface area contributed by atoms with Gasteiger partial charge in [0.15, 0.2) is 0 Å². The summed E-state index contributed by atoms with van der Waals surface area (Å²) in [6, 6.07) is 13.9. The van der Waals surface area contributed by atoms with Crippen LogP contribution in [0.1, 0.15) is 5.76 Å². The molecule has 4 aromatic rings. The number of rotatable bonds is 7. The van der Waals surface area contributed by atoms with Crippen LogP contribution < -0.4 is 0 Å². The molecule has 0 saturated heterocycles. The molecule has 0 aliphatic heterocycles. The van der Waals surface area contributed by atoms with E-state index < -0.39 is 10.9 Å². The summed E-state index contributed by atoms with van der Waals surface area (Å²) in [5.41, 5.74) is 0.596. The number of benzene rings is 2.